The van der Waals surface area contributed by atoms with Gasteiger partial charge in [0.05, 0.1) is 23.7 Å². The molecule has 13 heteroatoms. The SMILES string of the molecule is CCc1cc(C(=O)c2ccccc2Cl)c(-n2c(C)nnc2CNC(=O)c2cc3ccccc3n2Cc2nnnn2C(c2ccccc2)(c2ccccc2)c2ccccc2)s1. The predicted molar refractivity (Wildman–Crippen MR) is 233 cm³/mol. The van der Waals surface area contributed by atoms with Gasteiger partial charge in [0.2, 0.25) is 0 Å². The number of aryl methyl sites for hydroxylation is 2. The van der Waals surface area contributed by atoms with Crippen LogP contribution in [-0.2, 0) is 25.0 Å². The van der Waals surface area contributed by atoms with Crippen molar-refractivity contribution in [3.8, 4) is 5.00 Å². The first-order chi connectivity index (χ1) is 29.4. The molecule has 4 aromatic heterocycles. The number of hydrogen-bond donors (Lipinski definition) is 1. The van der Waals surface area contributed by atoms with E-state index >= 15 is 0 Å². The molecular formula is C47H38ClN9O2S. The van der Waals surface area contributed by atoms with E-state index < -0.39 is 5.54 Å². The van der Waals surface area contributed by atoms with Gasteiger partial charge in [-0.05, 0) is 70.8 Å². The minimum atomic E-state index is -0.957. The number of amides is 1. The number of carbonyl (C=O) groups is 2. The van der Waals surface area contributed by atoms with E-state index in [1.807, 2.05) is 119 Å². The summed E-state index contributed by atoms with van der Waals surface area (Å²) in [6.07, 6.45) is 0.734. The summed E-state index contributed by atoms with van der Waals surface area (Å²) in [6, 6.07) is 49.3. The second-order valence-corrected chi connectivity index (χ2v) is 15.8. The van der Waals surface area contributed by atoms with Crippen molar-refractivity contribution >= 4 is 45.5 Å². The maximum atomic E-state index is 14.5. The fraction of sp³-hybridized carbons (Fsp3) is 0.128. The quantitative estimate of drug-likeness (QED) is 0.0910. The van der Waals surface area contributed by atoms with Crippen molar-refractivity contribution in [1.29, 1.82) is 0 Å². The van der Waals surface area contributed by atoms with Gasteiger partial charge in [0.1, 0.15) is 22.1 Å². The number of halogens is 1. The minimum absolute atomic E-state index is 0.0388. The molecule has 0 saturated heterocycles. The molecule has 60 heavy (non-hydrogen) atoms. The zero-order valence-corrected chi connectivity index (χ0v) is 34.3. The monoisotopic (exact) mass is 827 g/mol. The molecule has 9 aromatic rings. The molecular weight excluding hydrogens is 790 g/mol. The highest BCUT2D eigenvalue weighted by Crippen LogP contribution is 2.41. The van der Waals surface area contributed by atoms with Gasteiger partial charge in [-0.1, -0.05) is 140 Å². The molecule has 296 valence electrons. The Morgan fingerprint density at radius 1 is 0.717 bits per heavy atom. The van der Waals surface area contributed by atoms with Gasteiger partial charge in [-0.25, -0.2) is 4.68 Å². The molecule has 0 aliphatic rings. The highest BCUT2D eigenvalue weighted by atomic mass is 35.5. The van der Waals surface area contributed by atoms with Crippen LogP contribution in [0.4, 0.5) is 0 Å². The molecule has 0 bridgehead atoms. The number of benzene rings is 5. The third-order valence-electron chi connectivity index (χ3n) is 10.7. The minimum Gasteiger partial charge on any atom is -0.343 e. The lowest BCUT2D eigenvalue weighted by molar-refractivity contribution is 0.0940. The van der Waals surface area contributed by atoms with Gasteiger partial charge in [-0.15, -0.1) is 26.6 Å². The fourth-order valence-corrected chi connectivity index (χ4v) is 9.32. The molecule has 1 N–H and O–H groups in total. The van der Waals surface area contributed by atoms with E-state index in [9.17, 15) is 9.59 Å². The van der Waals surface area contributed by atoms with E-state index in [0.717, 1.165) is 38.9 Å². The van der Waals surface area contributed by atoms with Crippen molar-refractivity contribution in [3.63, 3.8) is 0 Å². The first kappa shape index (κ1) is 38.5. The molecule has 0 radical (unpaired) electrons. The smallest absolute Gasteiger partial charge is 0.268 e. The lowest BCUT2D eigenvalue weighted by Crippen LogP contribution is -2.40. The average molecular weight is 828 g/mol. The molecule has 0 unspecified atom stereocenters. The van der Waals surface area contributed by atoms with Gasteiger partial charge in [-0.3, -0.25) is 14.2 Å². The highest BCUT2D eigenvalue weighted by molar-refractivity contribution is 7.15. The summed E-state index contributed by atoms with van der Waals surface area (Å²) in [7, 11) is 0. The van der Waals surface area contributed by atoms with E-state index in [1.165, 1.54) is 11.3 Å². The summed E-state index contributed by atoms with van der Waals surface area (Å²) in [4.78, 5) is 29.4. The highest BCUT2D eigenvalue weighted by Gasteiger charge is 2.42. The van der Waals surface area contributed by atoms with E-state index in [0.29, 0.717) is 44.3 Å². The van der Waals surface area contributed by atoms with E-state index in [4.69, 9.17) is 16.8 Å². The Morgan fingerprint density at radius 2 is 1.33 bits per heavy atom. The van der Waals surface area contributed by atoms with Gasteiger partial charge < -0.3 is 9.88 Å². The fourth-order valence-electron chi connectivity index (χ4n) is 7.94. The van der Waals surface area contributed by atoms with Crippen LogP contribution in [0.1, 0.15) is 72.4 Å². The Morgan fingerprint density at radius 3 is 1.98 bits per heavy atom. The van der Waals surface area contributed by atoms with Crippen LogP contribution in [0.15, 0.2) is 152 Å². The van der Waals surface area contributed by atoms with Gasteiger partial charge in [0, 0.05) is 21.3 Å². The third kappa shape index (κ3) is 6.79. The number of para-hydroxylation sites is 1. The molecule has 0 fully saturated rings. The molecule has 5 aromatic carbocycles. The zero-order valence-electron chi connectivity index (χ0n) is 32.7. The summed E-state index contributed by atoms with van der Waals surface area (Å²) in [5.74, 6) is 1.07. The van der Waals surface area contributed by atoms with Crippen LogP contribution < -0.4 is 5.32 Å². The number of rotatable bonds is 13. The molecule has 1 amide bonds. The number of nitrogens with zero attached hydrogens (tertiary/aromatic N) is 8. The van der Waals surface area contributed by atoms with Gasteiger partial charge >= 0.3 is 0 Å². The molecule has 0 spiro atoms. The van der Waals surface area contributed by atoms with E-state index in [1.54, 1.807) is 24.3 Å². The third-order valence-corrected chi connectivity index (χ3v) is 12.3. The second kappa shape index (κ2) is 16.3. The van der Waals surface area contributed by atoms with Crippen LogP contribution in [0.3, 0.4) is 0 Å². The van der Waals surface area contributed by atoms with Crippen molar-refractivity contribution in [2.75, 3.05) is 0 Å². The summed E-state index contributed by atoms with van der Waals surface area (Å²) in [6.45, 7) is 4.09. The molecule has 0 atom stereocenters. The molecule has 9 rings (SSSR count). The number of fused-ring (bicyclic) bond motifs is 1. The van der Waals surface area contributed by atoms with Crippen molar-refractivity contribution < 1.29 is 9.59 Å². The van der Waals surface area contributed by atoms with Crippen LogP contribution in [0, 0.1) is 6.92 Å². The van der Waals surface area contributed by atoms with Crippen LogP contribution in [0.2, 0.25) is 5.02 Å². The number of hydrogen-bond acceptors (Lipinski definition) is 8. The second-order valence-electron chi connectivity index (χ2n) is 14.3. The first-order valence-corrected chi connectivity index (χ1v) is 20.7. The zero-order chi connectivity index (χ0) is 41.2. The number of aromatic nitrogens is 8. The number of carbonyl (C=O) groups excluding carboxylic acids is 2. The Hall–Kier alpha value is -7.02. The van der Waals surface area contributed by atoms with Crippen molar-refractivity contribution in [2.45, 2.75) is 38.9 Å². The Balaban J connectivity index is 1.09. The van der Waals surface area contributed by atoms with E-state index in [-0.39, 0.29) is 24.8 Å². The maximum absolute atomic E-state index is 14.5. The Labute approximate surface area is 354 Å². The lowest BCUT2D eigenvalue weighted by Gasteiger charge is -2.36. The number of tetrazole rings is 1. The summed E-state index contributed by atoms with van der Waals surface area (Å²) < 4.78 is 5.66. The average Bonchev–Trinajstić information content (AvgIpc) is 4.10. The van der Waals surface area contributed by atoms with E-state index in [2.05, 4.69) is 62.2 Å². The number of nitrogens with one attached hydrogen (secondary N) is 1. The predicted octanol–water partition coefficient (Wildman–Crippen LogP) is 8.84. The standard InChI is InChI=1S/C47H38ClN9O2S/c1-3-36-28-38(44(58)37-24-14-15-25-39(37)48)46(60-36)56-31(2)50-51-42(56)29-49-45(59)41-27-32-17-13-16-26-40(32)55(41)30-43-52-53-54-57(43)47(33-18-7-4-8-19-33,34-20-9-5-10-21-34)35-22-11-6-12-23-35/h4-28H,3,29-30H2,1-2H3,(H,49,59). The molecule has 0 aliphatic heterocycles. The normalized spacial score (nSPS) is 11.6. The maximum Gasteiger partial charge on any atom is 0.268 e. The number of ketones is 1. The van der Waals surface area contributed by atoms with Gasteiger partial charge in [0.15, 0.2) is 17.4 Å². The van der Waals surface area contributed by atoms with Gasteiger partial charge in [-0.2, -0.15) is 0 Å². The van der Waals surface area contributed by atoms with Crippen LogP contribution in [0.25, 0.3) is 15.9 Å². The number of thiophene rings is 1. The molecule has 11 nitrogen and oxygen atoms in total. The van der Waals surface area contributed by atoms with Crippen LogP contribution in [-0.4, -0.2) is 51.2 Å². The van der Waals surface area contributed by atoms with Crippen LogP contribution >= 0.6 is 22.9 Å². The Bertz CT molecular complexity index is 2880. The summed E-state index contributed by atoms with van der Waals surface area (Å²) in [5, 5.41) is 27.5. The van der Waals surface area contributed by atoms with Crippen molar-refractivity contribution in [1.82, 2.24) is 44.9 Å². The topological polar surface area (TPSA) is 125 Å². The molecule has 0 saturated carbocycles. The Kier molecular flexibility index (Phi) is 10.5. The van der Waals surface area contributed by atoms with Crippen molar-refractivity contribution in [3.05, 3.63) is 213 Å². The summed E-state index contributed by atoms with van der Waals surface area (Å²) >= 11 is 7.98. The summed E-state index contributed by atoms with van der Waals surface area (Å²) in [5.41, 5.74) is 4.12. The van der Waals surface area contributed by atoms with Crippen molar-refractivity contribution in [2.24, 2.45) is 0 Å². The molecule has 4 heterocycles. The largest absolute Gasteiger partial charge is 0.343 e. The molecule has 0 aliphatic carbocycles. The van der Waals surface area contributed by atoms with Crippen LogP contribution in [0.5, 0.6) is 0 Å². The first-order valence-electron chi connectivity index (χ1n) is 19.5. The lowest BCUT2D eigenvalue weighted by atomic mass is 9.77. The van der Waals surface area contributed by atoms with Gasteiger partial charge in [0.25, 0.3) is 5.91 Å².